The van der Waals surface area contributed by atoms with Crippen LogP contribution >= 0.6 is 11.6 Å². The summed E-state index contributed by atoms with van der Waals surface area (Å²) in [7, 11) is 5.43. The number of hydrogen-bond donors (Lipinski definition) is 1. The molecule has 2 amide bonds. The molecule has 4 rings (SSSR count). The second kappa shape index (κ2) is 8.77. The minimum Gasteiger partial charge on any atom is -0.496 e. The number of carbonyl (C=O) groups is 2. The number of benzene rings is 3. The molecule has 0 unspecified atom stereocenters. The quantitative estimate of drug-likeness (QED) is 0.549. The van der Waals surface area contributed by atoms with Crippen LogP contribution in [0, 0.1) is 0 Å². The van der Waals surface area contributed by atoms with E-state index in [4.69, 9.17) is 16.3 Å². The first-order valence-corrected chi connectivity index (χ1v) is 10.3. The Morgan fingerprint density at radius 3 is 2.28 bits per heavy atom. The molecule has 0 radical (unpaired) electrons. The Labute approximate surface area is 191 Å². The Balaban J connectivity index is 1.82. The van der Waals surface area contributed by atoms with Crippen molar-refractivity contribution in [1.82, 2.24) is 0 Å². The third kappa shape index (κ3) is 3.92. The van der Waals surface area contributed by atoms with Crippen LogP contribution in [-0.4, -0.2) is 33.0 Å². The summed E-state index contributed by atoms with van der Waals surface area (Å²) < 4.78 is 5.47. The summed E-state index contributed by atoms with van der Waals surface area (Å²) >= 11 is 6.12. The molecule has 3 aromatic rings. The van der Waals surface area contributed by atoms with Gasteiger partial charge in [0.05, 0.1) is 18.4 Å². The molecule has 0 saturated heterocycles. The van der Waals surface area contributed by atoms with E-state index in [1.807, 2.05) is 49.3 Å². The first kappa shape index (κ1) is 21.5. The molecule has 0 fully saturated rings. The van der Waals surface area contributed by atoms with Gasteiger partial charge in [0.25, 0.3) is 11.8 Å². The van der Waals surface area contributed by atoms with Gasteiger partial charge in [-0.3, -0.25) is 9.59 Å². The zero-order valence-electron chi connectivity index (χ0n) is 17.9. The lowest BCUT2D eigenvalue weighted by atomic mass is 10.0. The summed E-state index contributed by atoms with van der Waals surface area (Å²) in [6.07, 6.45) is 0. The molecule has 1 aliphatic rings. The fourth-order valence-corrected chi connectivity index (χ4v) is 3.77. The first-order chi connectivity index (χ1) is 15.4. The number of imide groups is 1. The van der Waals surface area contributed by atoms with E-state index < -0.39 is 11.8 Å². The van der Waals surface area contributed by atoms with E-state index in [-0.39, 0.29) is 11.3 Å². The van der Waals surface area contributed by atoms with E-state index in [1.165, 1.54) is 7.11 Å². The predicted molar refractivity (Wildman–Crippen MR) is 128 cm³/mol. The van der Waals surface area contributed by atoms with E-state index in [0.717, 1.165) is 10.6 Å². The summed E-state index contributed by atoms with van der Waals surface area (Å²) in [5, 5.41) is 3.59. The number of para-hydroxylation sites is 1. The van der Waals surface area contributed by atoms with Crippen molar-refractivity contribution in [2.45, 2.75) is 0 Å². The number of ether oxygens (including phenoxy) is 1. The average Bonchev–Trinajstić information content (AvgIpc) is 3.03. The Morgan fingerprint density at radius 2 is 1.62 bits per heavy atom. The molecule has 0 atom stereocenters. The third-order valence-corrected chi connectivity index (χ3v) is 5.41. The molecule has 1 aliphatic heterocycles. The fraction of sp³-hybridized carbons (Fsp3) is 0.120. The van der Waals surface area contributed by atoms with Gasteiger partial charge in [-0.05, 0) is 48.5 Å². The Kier molecular flexibility index (Phi) is 5.88. The van der Waals surface area contributed by atoms with E-state index in [2.05, 4.69) is 5.32 Å². The monoisotopic (exact) mass is 447 g/mol. The van der Waals surface area contributed by atoms with Crippen LogP contribution < -0.4 is 19.9 Å². The van der Waals surface area contributed by atoms with Crippen molar-refractivity contribution in [1.29, 1.82) is 0 Å². The molecule has 32 heavy (non-hydrogen) atoms. The van der Waals surface area contributed by atoms with Crippen LogP contribution in [0.4, 0.5) is 17.1 Å². The second-order valence-corrected chi connectivity index (χ2v) is 7.88. The lowest BCUT2D eigenvalue weighted by Crippen LogP contribution is -2.32. The predicted octanol–water partition coefficient (Wildman–Crippen LogP) is 4.81. The van der Waals surface area contributed by atoms with Crippen molar-refractivity contribution in [3.63, 3.8) is 0 Å². The smallest absolute Gasteiger partial charge is 0.282 e. The van der Waals surface area contributed by atoms with Gasteiger partial charge in [-0.2, -0.15) is 0 Å². The maximum atomic E-state index is 13.5. The van der Waals surface area contributed by atoms with Gasteiger partial charge in [0.2, 0.25) is 0 Å². The van der Waals surface area contributed by atoms with E-state index in [0.29, 0.717) is 27.7 Å². The molecular formula is C25H22ClN3O3. The van der Waals surface area contributed by atoms with Gasteiger partial charge >= 0.3 is 0 Å². The van der Waals surface area contributed by atoms with Crippen molar-refractivity contribution < 1.29 is 14.3 Å². The van der Waals surface area contributed by atoms with Gasteiger partial charge in [-0.25, -0.2) is 4.90 Å². The Bertz CT molecular complexity index is 1220. The topological polar surface area (TPSA) is 61.9 Å². The summed E-state index contributed by atoms with van der Waals surface area (Å²) in [6, 6.07) is 21.4. The summed E-state index contributed by atoms with van der Waals surface area (Å²) in [5.74, 6) is -0.414. The highest BCUT2D eigenvalue weighted by molar-refractivity contribution is 6.46. The number of halogens is 1. The van der Waals surface area contributed by atoms with Gasteiger partial charge in [-0.1, -0.05) is 35.9 Å². The normalized spacial score (nSPS) is 13.6. The largest absolute Gasteiger partial charge is 0.496 e. The minimum absolute atomic E-state index is 0.178. The number of amides is 2. The van der Waals surface area contributed by atoms with Crippen LogP contribution in [0.25, 0.3) is 5.57 Å². The van der Waals surface area contributed by atoms with Crippen molar-refractivity contribution in [2.75, 3.05) is 36.3 Å². The van der Waals surface area contributed by atoms with Crippen LogP contribution in [-0.2, 0) is 9.59 Å². The Morgan fingerprint density at radius 1 is 0.906 bits per heavy atom. The molecule has 6 nitrogen and oxygen atoms in total. The molecule has 0 saturated carbocycles. The standard InChI is InChI=1S/C25H22ClN3O3/c1-28(2)18-13-11-17(12-14-18)27-23-22(20-9-4-5-10-21(20)32-3)24(30)29(25(23)31)19-8-6-7-16(26)15-19/h4-15,27H,1-3H3. The Hall–Kier alpha value is -3.77. The summed E-state index contributed by atoms with van der Waals surface area (Å²) in [4.78, 5) is 30.1. The van der Waals surface area contributed by atoms with Gasteiger partial charge < -0.3 is 15.0 Å². The van der Waals surface area contributed by atoms with Crippen LogP contribution in [0.5, 0.6) is 5.75 Å². The molecular weight excluding hydrogens is 426 g/mol. The van der Waals surface area contributed by atoms with E-state index >= 15 is 0 Å². The minimum atomic E-state index is -0.463. The number of hydrogen-bond acceptors (Lipinski definition) is 5. The highest BCUT2D eigenvalue weighted by atomic mass is 35.5. The molecule has 0 aliphatic carbocycles. The van der Waals surface area contributed by atoms with E-state index in [1.54, 1.807) is 42.5 Å². The lowest BCUT2D eigenvalue weighted by Gasteiger charge is -2.16. The first-order valence-electron chi connectivity index (χ1n) is 9.97. The zero-order chi connectivity index (χ0) is 22.8. The van der Waals surface area contributed by atoms with E-state index in [9.17, 15) is 9.59 Å². The molecule has 1 N–H and O–H groups in total. The van der Waals surface area contributed by atoms with Crippen LogP contribution in [0.1, 0.15) is 5.56 Å². The number of rotatable bonds is 6. The van der Waals surface area contributed by atoms with Crippen molar-refractivity contribution >= 4 is 46.1 Å². The lowest BCUT2D eigenvalue weighted by molar-refractivity contribution is -0.120. The highest BCUT2D eigenvalue weighted by Crippen LogP contribution is 2.37. The molecule has 0 bridgehead atoms. The summed E-state index contributed by atoms with van der Waals surface area (Å²) in [5.41, 5.74) is 3.06. The average molecular weight is 448 g/mol. The number of methoxy groups -OCH3 is 1. The molecule has 1 heterocycles. The van der Waals surface area contributed by atoms with Crippen LogP contribution in [0.2, 0.25) is 5.02 Å². The number of nitrogens with zero attached hydrogens (tertiary/aromatic N) is 2. The number of anilines is 3. The number of carbonyl (C=O) groups excluding carboxylic acids is 2. The third-order valence-electron chi connectivity index (χ3n) is 5.18. The maximum absolute atomic E-state index is 13.5. The van der Waals surface area contributed by atoms with Crippen LogP contribution in [0.15, 0.2) is 78.5 Å². The highest BCUT2D eigenvalue weighted by Gasteiger charge is 2.41. The second-order valence-electron chi connectivity index (χ2n) is 7.44. The molecule has 0 aromatic heterocycles. The van der Waals surface area contributed by atoms with Crippen LogP contribution in [0.3, 0.4) is 0 Å². The molecule has 0 spiro atoms. The van der Waals surface area contributed by atoms with Crippen molar-refractivity contribution in [3.8, 4) is 5.75 Å². The van der Waals surface area contributed by atoms with Gasteiger partial charge in [0, 0.05) is 36.1 Å². The van der Waals surface area contributed by atoms with Gasteiger partial charge in [0.1, 0.15) is 11.4 Å². The molecule has 162 valence electrons. The zero-order valence-corrected chi connectivity index (χ0v) is 18.7. The number of nitrogens with one attached hydrogen (secondary N) is 1. The fourth-order valence-electron chi connectivity index (χ4n) is 3.58. The van der Waals surface area contributed by atoms with Crippen molar-refractivity contribution in [2.24, 2.45) is 0 Å². The van der Waals surface area contributed by atoms with Crippen molar-refractivity contribution in [3.05, 3.63) is 89.1 Å². The molecule has 7 heteroatoms. The maximum Gasteiger partial charge on any atom is 0.282 e. The summed E-state index contributed by atoms with van der Waals surface area (Å²) in [6.45, 7) is 0. The van der Waals surface area contributed by atoms with Gasteiger partial charge in [-0.15, -0.1) is 0 Å². The SMILES string of the molecule is COc1ccccc1C1=C(Nc2ccc(N(C)C)cc2)C(=O)N(c2cccc(Cl)c2)C1=O. The molecule has 3 aromatic carbocycles. The van der Waals surface area contributed by atoms with Gasteiger partial charge in [0.15, 0.2) is 0 Å².